The molecule has 0 spiro atoms. The van der Waals surface area contributed by atoms with Gasteiger partial charge in [-0.15, -0.1) is 0 Å². The molecule has 3 unspecified atom stereocenters. The van der Waals surface area contributed by atoms with Crippen LogP contribution < -0.4 is 5.73 Å². The first kappa shape index (κ1) is 14.3. The smallest absolute Gasteiger partial charge is 0.0137 e. The van der Waals surface area contributed by atoms with Gasteiger partial charge in [-0.1, -0.05) is 19.8 Å². The fourth-order valence-corrected chi connectivity index (χ4v) is 3.71. The predicted molar refractivity (Wildman–Crippen MR) is 77.7 cm³/mol. The minimum atomic E-state index is 0.754. The van der Waals surface area contributed by atoms with Crippen molar-refractivity contribution in [2.45, 2.75) is 58.0 Å². The van der Waals surface area contributed by atoms with Crippen LogP contribution in [0.3, 0.4) is 0 Å². The van der Waals surface area contributed by atoms with E-state index in [4.69, 9.17) is 5.73 Å². The van der Waals surface area contributed by atoms with E-state index in [1.165, 1.54) is 58.3 Å². The van der Waals surface area contributed by atoms with Crippen molar-refractivity contribution < 1.29 is 0 Å². The maximum Gasteiger partial charge on any atom is 0.0137 e. The Balaban J connectivity index is 1.84. The fraction of sp³-hybridized carbons (Fsp3) is 1.00. The number of hydrogen-bond acceptors (Lipinski definition) is 3. The first-order valence-corrected chi connectivity index (χ1v) is 7.94. The Bertz CT molecular complexity index is 236. The minimum absolute atomic E-state index is 0.754. The van der Waals surface area contributed by atoms with E-state index in [9.17, 15) is 0 Å². The number of rotatable bonds is 4. The second-order valence-corrected chi connectivity index (χ2v) is 6.18. The molecule has 2 rings (SSSR count). The third kappa shape index (κ3) is 3.25. The van der Waals surface area contributed by atoms with Gasteiger partial charge in [0.2, 0.25) is 0 Å². The maximum atomic E-state index is 5.96. The summed E-state index contributed by atoms with van der Waals surface area (Å²) >= 11 is 0. The van der Waals surface area contributed by atoms with Crippen LogP contribution in [0, 0.1) is 5.92 Å². The molecule has 1 saturated heterocycles. The van der Waals surface area contributed by atoms with Crippen molar-refractivity contribution in [3.05, 3.63) is 0 Å². The quantitative estimate of drug-likeness (QED) is 0.831. The summed E-state index contributed by atoms with van der Waals surface area (Å²) in [5.74, 6) is 0.758. The highest BCUT2D eigenvalue weighted by atomic mass is 15.3. The van der Waals surface area contributed by atoms with E-state index in [2.05, 4.69) is 23.6 Å². The first-order valence-electron chi connectivity index (χ1n) is 7.94. The molecule has 0 aromatic heterocycles. The number of hydrogen-bond donors (Lipinski definition) is 1. The zero-order valence-corrected chi connectivity index (χ0v) is 12.3. The average molecular weight is 253 g/mol. The van der Waals surface area contributed by atoms with Crippen molar-refractivity contribution in [3.8, 4) is 0 Å². The Morgan fingerprint density at radius 2 is 1.78 bits per heavy atom. The molecule has 2 fully saturated rings. The first-order chi connectivity index (χ1) is 8.76. The number of nitrogens with zero attached hydrogens (tertiary/aromatic N) is 2. The lowest BCUT2D eigenvalue weighted by Gasteiger charge is -2.45. The largest absolute Gasteiger partial charge is 0.330 e. The highest BCUT2D eigenvalue weighted by molar-refractivity contribution is 4.87. The zero-order chi connectivity index (χ0) is 13.0. The Hall–Kier alpha value is -0.120. The molecular formula is C15H31N3. The maximum absolute atomic E-state index is 5.96. The summed E-state index contributed by atoms with van der Waals surface area (Å²) in [7, 11) is 0. The van der Waals surface area contributed by atoms with Gasteiger partial charge in [0.15, 0.2) is 0 Å². The van der Waals surface area contributed by atoms with Gasteiger partial charge in [0.1, 0.15) is 0 Å². The summed E-state index contributed by atoms with van der Waals surface area (Å²) < 4.78 is 0. The van der Waals surface area contributed by atoms with Crippen molar-refractivity contribution in [3.63, 3.8) is 0 Å². The molecule has 1 heterocycles. The molecule has 2 N–H and O–H groups in total. The molecular weight excluding hydrogens is 222 g/mol. The van der Waals surface area contributed by atoms with Gasteiger partial charge in [-0.05, 0) is 38.6 Å². The Morgan fingerprint density at radius 3 is 2.39 bits per heavy atom. The zero-order valence-electron chi connectivity index (χ0n) is 12.3. The monoisotopic (exact) mass is 253 g/mol. The molecule has 18 heavy (non-hydrogen) atoms. The van der Waals surface area contributed by atoms with E-state index in [1.54, 1.807) is 0 Å². The predicted octanol–water partition coefficient (Wildman–Crippen LogP) is 1.92. The summed E-state index contributed by atoms with van der Waals surface area (Å²) in [6, 6.07) is 1.53. The average Bonchev–Trinajstić information content (AvgIpc) is 2.46. The van der Waals surface area contributed by atoms with Gasteiger partial charge >= 0.3 is 0 Å². The molecule has 2 aliphatic rings. The van der Waals surface area contributed by atoms with Crippen molar-refractivity contribution >= 4 is 0 Å². The van der Waals surface area contributed by atoms with Gasteiger partial charge in [-0.2, -0.15) is 0 Å². The van der Waals surface area contributed by atoms with Crippen LogP contribution in [0.15, 0.2) is 0 Å². The van der Waals surface area contributed by atoms with Gasteiger partial charge < -0.3 is 5.73 Å². The van der Waals surface area contributed by atoms with E-state index in [-0.39, 0.29) is 0 Å². The molecule has 0 amide bonds. The van der Waals surface area contributed by atoms with Gasteiger partial charge in [-0.25, -0.2) is 0 Å². The van der Waals surface area contributed by atoms with Crippen LogP contribution in [-0.2, 0) is 0 Å². The van der Waals surface area contributed by atoms with Crippen LogP contribution in [0.5, 0.6) is 0 Å². The molecule has 0 aromatic carbocycles. The van der Waals surface area contributed by atoms with Crippen molar-refractivity contribution in [2.24, 2.45) is 11.7 Å². The molecule has 106 valence electrons. The summed E-state index contributed by atoms with van der Waals surface area (Å²) in [6.07, 6.45) is 6.81. The Kier molecular flexibility index (Phi) is 5.46. The van der Waals surface area contributed by atoms with Crippen LogP contribution >= 0.6 is 0 Å². The summed E-state index contributed by atoms with van der Waals surface area (Å²) in [4.78, 5) is 5.38. The number of nitrogens with two attached hydrogens (primary N) is 1. The van der Waals surface area contributed by atoms with Crippen LogP contribution in [0.1, 0.15) is 46.0 Å². The minimum Gasteiger partial charge on any atom is -0.330 e. The molecule has 1 saturated carbocycles. The topological polar surface area (TPSA) is 32.5 Å². The van der Waals surface area contributed by atoms with Crippen LogP contribution in [0.25, 0.3) is 0 Å². The van der Waals surface area contributed by atoms with Gasteiger partial charge in [-0.3, -0.25) is 9.80 Å². The van der Waals surface area contributed by atoms with E-state index in [1.807, 2.05) is 0 Å². The van der Waals surface area contributed by atoms with Crippen LogP contribution in [-0.4, -0.2) is 54.6 Å². The molecule has 0 bridgehead atoms. The lowest BCUT2D eigenvalue weighted by Crippen LogP contribution is -2.55. The fourth-order valence-electron chi connectivity index (χ4n) is 3.71. The molecule has 3 heteroatoms. The second-order valence-electron chi connectivity index (χ2n) is 6.18. The van der Waals surface area contributed by atoms with E-state index >= 15 is 0 Å². The molecule has 0 aromatic rings. The Labute approximate surface area is 113 Å². The van der Waals surface area contributed by atoms with Crippen LogP contribution in [0.4, 0.5) is 0 Å². The molecule has 1 aliphatic carbocycles. The van der Waals surface area contributed by atoms with E-state index in [0.29, 0.717) is 0 Å². The second kappa shape index (κ2) is 6.88. The third-order valence-electron chi connectivity index (χ3n) is 5.20. The lowest BCUT2D eigenvalue weighted by molar-refractivity contribution is 0.0377. The summed E-state index contributed by atoms with van der Waals surface area (Å²) in [5, 5.41) is 0. The normalized spacial score (nSPS) is 33.5. The highest BCUT2D eigenvalue weighted by Gasteiger charge is 2.31. The Morgan fingerprint density at radius 1 is 1.11 bits per heavy atom. The number of piperazine rings is 1. The standard InChI is InChI=1S/C15H31N3/c1-3-13(2)17-8-10-18(11-9-17)15-7-5-4-6-14(15)12-16/h13-15H,3-12,16H2,1-2H3. The molecule has 3 nitrogen and oxygen atoms in total. The molecule has 0 radical (unpaired) electrons. The lowest BCUT2D eigenvalue weighted by atomic mass is 9.83. The third-order valence-corrected chi connectivity index (χ3v) is 5.20. The van der Waals surface area contributed by atoms with Crippen molar-refractivity contribution in [2.75, 3.05) is 32.7 Å². The highest BCUT2D eigenvalue weighted by Crippen LogP contribution is 2.28. The van der Waals surface area contributed by atoms with Gasteiger partial charge in [0, 0.05) is 38.3 Å². The molecule has 1 aliphatic heterocycles. The van der Waals surface area contributed by atoms with E-state index in [0.717, 1.165) is 24.5 Å². The SMILES string of the molecule is CCC(C)N1CCN(C2CCCCC2CN)CC1. The summed E-state index contributed by atoms with van der Waals surface area (Å²) in [5.41, 5.74) is 5.96. The van der Waals surface area contributed by atoms with Gasteiger partial charge in [0.25, 0.3) is 0 Å². The van der Waals surface area contributed by atoms with Gasteiger partial charge in [0.05, 0.1) is 0 Å². The van der Waals surface area contributed by atoms with Crippen molar-refractivity contribution in [1.82, 2.24) is 9.80 Å². The van der Waals surface area contributed by atoms with Crippen LogP contribution in [0.2, 0.25) is 0 Å². The molecule has 3 atom stereocenters. The van der Waals surface area contributed by atoms with E-state index < -0.39 is 0 Å². The summed E-state index contributed by atoms with van der Waals surface area (Å²) in [6.45, 7) is 10.6. The van der Waals surface area contributed by atoms with Crippen molar-refractivity contribution in [1.29, 1.82) is 0 Å².